The van der Waals surface area contributed by atoms with Crippen molar-refractivity contribution in [2.24, 2.45) is 0 Å². The van der Waals surface area contributed by atoms with Gasteiger partial charge in [-0.3, -0.25) is 9.59 Å². The number of hydrogen-bond acceptors (Lipinski definition) is 4. The summed E-state index contributed by atoms with van der Waals surface area (Å²) in [4.78, 5) is 28.1. The highest BCUT2D eigenvalue weighted by molar-refractivity contribution is 7.98. The first-order chi connectivity index (χ1) is 17.0. The lowest BCUT2D eigenvalue weighted by Gasteiger charge is -2.18. The number of aromatic nitrogens is 2. The van der Waals surface area contributed by atoms with Crippen LogP contribution in [0.15, 0.2) is 84.5 Å². The molecule has 2 atom stereocenters. The van der Waals surface area contributed by atoms with Gasteiger partial charge in [-0.25, -0.2) is 4.98 Å². The predicted octanol–water partition coefficient (Wildman–Crippen LogP) is 5.69. The van der Waals surface area contributed by atoms with Crippen LogP contribution in [-0.4, -0.2) is 44.6 Å². The van der Waals surface area contributed by atoms with Gasteiger partial charge in [0.25, 0.3) is 5.91 Å². The van der Waals surface area contributed by atoms with E-state index in [1.54, 1.807) is 30.1 Å². The summed E-state index contributed by atoms with van der Waals surface area (Å²) >= 11 is 1.63. The number of rotatable bonds is 12. The van der Waals surface area contributed by atoms with Crippen LogP contribution in [0.25, 0.3) is 6.08 Å². The van der Waals surface area contributed by atoms with Gasteiger partial charge in [0.05, 0.1) is 12.7 Å². The number of carbonyl (C=O) groups is 2. The van der Waals surface area contributed by atoms with E-state index in [9.17, 15) is 9.59 Å². The van der Waals surface area contributed by atoms with Crippen molar-refractivity contribution < 1.29 is 14.7 Å². The molecule has 2 aromatic rings. The van der Waals surface area contributed by atoms with Gasteiger partial charge in [-0.15, -0.1) is 0 Å². The number of amides is 1. The minimum Gasteiger partial charge on any atom is -0.481 e. The molecule has 1 heterocycles. The Labute approximate surface area is 211 Å². The average Bonchev–Trinajstić information content (AvgIpc) is 3.25. The molecule has 184 valence electrons. The van der Waals surface area contributed by atoms with Crippen molar-refractivity contribution in [1.29, 1.82) is 0 Å². The van der Waals surface area contributed by atoms with Gasteiger partial charge in [-0.05, 0) is 67.0 Å². The molecule has 3 rings (SSSR count). The molecule has 2 N–H and O–H groups in total. The van der Waals surface area contributed by atoms with Crippen LogP contribution in [0.4, 0.5) is 0 Å². The molecule has 0 aliphatic heterocycles. The third-order valence-corrected chi connectivity index (χ3v) is 6.54. The van der Waals surface area contributed by atoms with E-state index in [2.05, 4.69) is 52.2 Å². The molecule has 0 spiro atoms. The Kier molecular flexibility index (Phi) is 10.2. The molecule has 1 aliphatic carbocycles. The molecule has 2 unspecified atom stereocenters. The van der Waals surface area contributed by atoms with E-state index in [1.165, 1.54) is 11.1 Å². The van der Waals surface area contributed by atoms with Crippen LogP contribution in [0.2, 0.25) is 0 Å². The number of allylic oxidation sites excluding steroid dienone is 7. The van der Waals surface area contributed by atoms with Gasteiger partial charge in [0, 0.05) is 30.0 Å². The highest BCUT2D eigenvalue weighted by Crippen LogP contribution is 2.28. The summed E-state index contributed by atoms with van der Waals surface area (Å²) in [7, 11) is 0. The van der Waals surface area contributed by atoms with Gasteiger partial charge in [-0.2, -0.15) is 11.8 Å². The Balaban J connectivity index is 1.77. The summed E-state index contributed by atoms with van der Waals surface area (Å²) in [5.74, 6) is -0.363. The number of thioether (sulfide) groups is 1. The summed E-state index contributed by atoms with van der Waals surface area (Å²) in [6.45, 7) is 2.18. The Bertz CT molecular complexity index is 1100. The third kappa shape index (κ3) is 8.44. The first-order valence-corrected chi connectivity index (χ1v) is 13.2. The summed E-state index contributed by atoms with van der Waals surface area (Å²) in [5, 5.41) is 12.0. The highest BCUT2D eigenvalue weighted by Gasteiger charge is 2.17. The van der Waals surface area contributed by atoms with Crippen LogP contribution in [0.3, 0.4) is 0 Å². The minimum absolute atomic E-state index is 0.0798. The van der Waals surface area contributed by atoms with Crippen LogP contribution in [-0.2, 0) is 4.79 Å². The smallest absolute Gasteiger partial charge is 0.305 e. The maximum Gasteiger partial charge on any atom is 0.305 e. The minimum atomic E-state index is -0.910. The number of nitrogens with one attached hydrogen (secondary N) is 1. The van der Waals surface area contributed by atoms with Crippen molar-refractivity contribution in [3.05, 3.63) is 95.6 Å². The molecule has 7 heteroatoms. The zero-order chi connectivity index (χ0) is 25.0. The number of carbonyl (C=O) groups excluding carboxylic acids is 1. The first-order valence-electron chi connectivity index (χ1n) is 11.8. The molecule has 0 fully saturated rings. The van der Waals surface area contributed by atoms with E-state index in [4.69, 9.17) is 5.11 Å². The second-order valence-corrected chi connectivity index (χ2v) is 9.60. The standard InChI is InChI=1S/C28H33N3O3S/c1-21(31-15-14-29-20-31)17-25(23-7-5-3-4-6-8-23)18-22-9-11-24(12-10-22)28(34)30-26(13-16-35-2)19-27(32)33/h3-7,9-12,14-15,18,20-21,26H,8,13,16-17,19H2,1-2H3,(H,30,34)(H,32,33)/b25-18-. The van der Waals surface area contributed by atoms with Crippen molar-refractivity contribution >= 4 is 29.7 Å². The number of imidazole rings is 1. The average molecular weight is 492 g/mol. The van der Waals surface area contributed by atoms with Gasteiger partial charge in [0.1, 0.15) is 0 Å². The Morgan fingerprint density at radius 1 is 1.20 bits per heavy atom. The fourth-order valence-corrected chi connectivity index (χ4v) is 4.47. The molecule has 1 aliphatic rings. The SMILES string of the molecule is CSCCC(CC(=O)O)NC(=O)c1ccc(/C=C(/CC(C)n2ccnc2)C2=CC=CC=CC2)cc1. The number of aliphatic carboxylic acids is 1. The Morgan fingerprint density at radius 2 is 2.00 bits per heavy atom. The highest BCUT2D eigenvalue weighted by atomic mass is 32.2. The molecular formula is C28H33N3O3S. The van der Waals surface area contributed by atoms with Crippen LogP contribution < -0.4 is 5.32 Å². The van der Waals surface area contributed by atoms with Crippen molar-refractivity contribution in [2.75, 3.05) is 12.0 Å². The summed E-state index contributed by atoms with van der Waals surface area (Å²) in [6, 6.07) is 7.34. The zero-order valence-electron chi connectivity index (χ0n) is 20.3. The molecule has 35 heavy (non-hydrogen) atoms. The van der Waals surface area contributed by atoms with Crippen LogP contribution in [0, 0.1) is 0 Å². The molecule has 1 aromatic heterocycles. The van der Waals surface area contributed by atoms with Crippen molar-refractivity contribution in [1.82, 2.24) is 14.9 Å². The zero-order valence-corrected chi connectivity index (χ0v) is 21.1. The van der Waals surface area contributed by atoms with Gasteiger partial charge in [0.2, 0.25) is 0 Å². The van der Waals surface area contributed by atoms with E-state index in [-0.39, 0.29) is 24.4 Å². The maximum atomic E-state index is 12.7. The van der Waals surface area contributed by atoms with Crippen molar-refractivity contribution in [3.8, 4) is 0 Å². The normalized spacial score (nSPS) is 15.3. The van der Waals surface area contributed by atoms with E-state index < -0.39 is 5.97 Å². The predicted molar refractivity (Wildman–Crippen MR) is 143 cm³/mol. The van der Waals surface area contributed by atoms with E-state index in [1.807, 2.05) is 37.0 Å². The van der Waals surface area contributed by atoms with Gasteiger partial charge < -0.3 is 15.0 Å². The summed E-state index contributed by atoms with van der Waals surface area (Å²) in [5.41, 5.74) is 4.03. The summed E-state index contributed by atoms with van der Waals surface area (Å²) < 4.78 is 2.11. The Hall–Kier alpha value is -3.32. The maximum absolute atomic E-state index is 12.7. The molecule has 1 amide bonds. The summed E-state index contributed by atoms with van der Waals surface area (Å²) in [6.07, 6.45) is 22.5. The second-order valence-electron chi connectivity index (χ2n) is 8.61. The lowest BCUT2D eigenvalue weighted by Crippen LogP contribution is -2.37. The van der Waals surface area contributed by atoms with Crippen molar-refractivity contribution in [2.45, 2.75) is 44.7 Å². The number of carboxylic acids is 1. The van der Waals surface area contributed by atoms with Crippen molar-refractivity contribution in [3.63, 3.8) is 0 Å². The molecule has 0 bridgehead atoms. The van der Waals surface area contributed by atoms with Gasteiger partial charge in [0.15, 0.2) is 0 Å². The lowest BCUT2D eigenvalue weighted by atomic mass is 9.94. The van der Waals surface area contributed by atoms with Crippen LogP contribution in [0.5, 0.6) is 0 Å². The number of carboxylic acid groups (broad SMARTS) is 1. The fourth-order valence-electron chi connectivity index (χ4n) is 3.95. The van der Waals surface area contributed by atoms with Crippen LogP contribution in [0.1, 0.15) is 54.6 Å². The van der Waals surface area contributed by atoms with E-state index in [0.717, 1.165) is 24.2 Å². The van der Waals surface area contributed by atoms with E-state index >= 15 is 0 Å². The van der Waals surface area contributed by atoms with Crippen LogP contribution >= 0.6 is 11.8 Å². The molecule has 6 nitrogen and oxygen atoms in total. The molecular weight excluding hydrogens is 458 g/mol. The molecule has 1 aromatic carbocycles. The van der Waals surface area contributed by atoms with Gasteiger partial charge >= 0.3 is 5.97 Å². The van der Waals surface area contributed by atoms with E-state index in [0.29, 0.717) is 12.0 Å². The number of hydrogen-bond donors (Lipinski definition) is 2. The molecule has 0 saturated heterocycles. The Morgan fingerprint density at radius 3 is 2.69 bits per heavy atom. The molecule has 0 saturated carbocycles. The number of nitrogens with zero attached hydrogens (tertiary/aromatic N) is 2. The largest absolute Gasteiger partial charge is 0.481 e. The monoisotopic (exact) mass is 491 g/mol. The topological polar surface area (TPSA) is 84.2 Å². The molecule has 0 radical (unpaired) electrons. The fraction of sp³-hybridized carbons (Fsp3) is 0.321. The quantitative estimate of drug-likeness (QED) is 0.399. The second kappa shape index (κ2) is 13.5. The van der Waals surface area contributed by atoms with Gasteiger partial charge in [-0.1, -0.05) is 48.6 Å². The number of benzene rings is 1. The lowest BCUT2D eigenvalue weighted by molar-refractivity contribution is -0.137. The third-order valence-electron chi connectivity index (χ3n) is 5.90. The first kappa shape index (κ1) is 26.3.